The van der Waals surface area contributed by atoms with E-state index in [4.69, 9.17) is 16.3 Å². The maximum absolute atomic E-state index is 9.71. The monoisotopic (exact) mass is 298 g/mol. The number of halogens is 1. The summed E-state index contributed by atoms with van der Waals surface area (Å²) in [5.41, 5.74) is 1.11. The summed E-state index contributed by atoms with van der Waals surface area (Å²) in [6, 6.07) is 3.69. The molecular weight excluding hydrogens is 276 g/mol. The number of aromatic hydroxyl groups is 1. The lowest BCUT2D eigenvalue weighted by atomic mass is 10.1. The number of benzene rings is 1. The highest BCUT2D eigenvalue weighted by Crippen LogP contribution is 2.35. The average molecular weight is 299 g/mol. The minimum atomic E-state index is 0.0250. The molecule has 112 valence electrons. The van der Waals surface area contributed by atoms with Crippen LogP contribution in [0.15, 0.2) is 12.1 Å². The summed E-state index contributed by atoms with van der Waals surface area (Å²) in [6.07, 6.45) is 2.04. The van der Waals surface area contributed by atoms with Crippen molar-refractivity contribution in [3.8, 4) is 11.5 Å². The van der Waals surface area contributed by atoms with Crippen LogP contribution in [0.1, 0.15) is 12.0 Å². The summed E-state index contributed by atoms with van der Waals surface area (Å²) in [4.78, 5) is 4.86. The average Bonchev–Trinajstić information content (AvgIpc) is 2.44. The predicted octanol–water partition coefficient (Wildman–Crippen LogP) is 2.23. The lowest BCUT2D eigenvalue weighted by molar-refractivity contribution is 0.153. The zero-order chi connectivity index (χ0) is 14.5. The molecule has 0 radical (unpaired) electrons. The Morgan fingerprint density at radius 1 is 1.25 bits per heavy atom. The number of phenolic OH excluding ortho intramolecular Hbond substituents is 1. The van der Waals surface area contributed by atoms with Crippen LogP contribution in [0.3, 0.4) is 0 Å². The number of rotatable bonds is 5. The third-order valence-electron chi connectivity index (χ3n) is 3.84. The SMILES string of the molecule is COc1cc(CCCN2CCN(C)CC2)cc(Cl)c1O. The number of piperazine rings is 1. The van der Waals surface area contributed by atoms with Gasteiger partial charge < -0.3 is 19.6 Å². The van der Waals surface area contributed by atoms with Crippen LogP contribution in [0.2, 0.25) is 5.02 Å². The zero-order valence-electron chi connectivity index (χ0n) is 12.2. The zero-order valence-corrected chi connectivity index (χ0v) is 13.0. The molecule has 1 aromatic carbocycles. The largest absolute Gasteiger partial charge is 0.503 e. The van der Waals surface area contributed by atoms with Gasteiger partial charge in [0.25, 0.3) is 0 Å². The van der Waals surface area contributed by atoms with E-state index in [9.17, 15) is 5.11 Å². The van der Waals surface area contributed by atoms with E-state index in [0.29, 0.717) is 10.8 Å². The molecule has 1 aromatic rings. The molecule has 1 fully saturated rings. The Morgan fingerprint density at radius 3 is 2.60 bits per heavy atom. The van der Waals surface area contributed by atoms with Gasteiger partial charge in [-0.1, -0.05) is 11.6 Å². The summed E-state index contributed by atoms with van der Waals surface area (Å²) < 4.78 is 5.12. The van der Waals surface area contributed by atoms with Crippen LogP contribution in [-0.2, 0) is 6.42 Å². The molecule has 0 amide bonds. The van der Waals surface area contributed by atoms with Gasteiger partial charge in [0, 0.05) is 26.2 Å². The summed E-state index contributed by atoms with van der Waals surface area (Å²) in [6.45, 7) is 5.71. The lowest BCUT2D eigenvalue weighted by Crippen LogP contribution is -2.44. The summed E-state index contributed by atoms with van der Waals surface area (Å²) >= 11 is 6.00. The third kappa shape index (κ3) is 4.01. The molecule has 0 unspecified atom stereocenters. The van der Waals surface area contributed by atoms with Crippen molar-refractivity contribution in [1.82, 2.24) is 9.80 Å². The normalized spacial score (nSPS) is 17.4. The van der Waals surface area contributed by atoms with Crippen LogP contribution < -0.4 is 4.74 Å². The van der Waals surface area contributed by atoms with Gasteiger partial charge >= 0.3 is 0 Å². The van der Waals surface area contributed by atoms with E-state index in [1.165, 1.54) is 0 Å². The molecule has 0 bridgehead atoms. The minimum absolute atomic E-state index is 0.0250. The highest BCUT2D eigenvalue weighted by Gasteiger charge is 2.13. The Bertz CT molecular complexity index is 446. The highest BCUT2D eigenvalue weighted by atomic mass is 35.5. The number of aryl methyl sites for hydroxylation is 1. The van der Waals surface area contributed by atoms with Crippen LogP contribution in [-0.4, -0.2) is 61.8 Å². The molecule has 2 rings (SSSR count). The van der Waals surface area contributed by atoms with Crippen molar-refractivity contribution in [3.05, 3.63) is 22.7 Å². The summed E-state index contributed by atoms with van der Waals surface area (Å²) in [5, 5.41) is 10.1. The maximum Gasteiger partial charge on any atom is 0.176 e. The number of hydrogen-bond donors (Lipinski definition) is 1. The molecule has 1 aliphatic heterocycles. The number of phenols is 1. The smallest absolute Gasteiger partial charge is 0.176 e. The molecule has 1 heterocycles. The second-order valence-corrected chi connectivity index (χ2v) is 5.78. The Morgan fingerprint density at radius 2 is 1.95 bits per heavy atom. The van der Waals surface area contributed by atoms with E-state index in [-0.39, 0.29) is 5.75 Å². The van der Waals surface area contributed by atoms with Gasteiger partial charge in [-0.05, 0) is 44.1 Å². The molecule has 5 heteroatoms. The first-order chi connectivity index (χ1) is 9.60. The van der Waals surface area contributed by atoms with Crippen molar-refractivity contribution < 1.29 is 9.84 Å². The summed E-state index contributed by atoms with van der Waals surface area (Å²) in [7, 11) is 3.71. The topological polar surface area (TPSA) is 35.9 Å². The molecule has 0 saturated carbocycles. The van der Waals surface area contributed by atoms with Gasteiger partial charge in [-0.2, -0.15) is 0 Å². The minimum Gasteiger partial charge on any atom is -0.503 e. The molecule has 4 nitrogen and oxygen atoms in total. The van der Waals surface area contributed by atoms with E-state index in [2.05, 4.69) is 16.8 Å². The van der Waals surface area contributed by atoms with Crippen molar-refractivity contribution in [2.24, 2.45) is 0 Å². The molecule has 0 aliphatic carbocycles. The first-order valence-electron chi connectivity index (χ1n) is 7.06. The first-order valence-corrected chi connectivity index (χ1v) is 7.44. The van der Waals surface area contributed by atoms with Gasteiger partial charge in [0.1, 0.15) is 0 Å². The maximum atomic E-state index is 9.71. The van der Waals surface area contributed by atoms with Gasteiger partial charge in [-0.25, -0.2) is 0 Å². The van der Waals surface area contributed by atoms with Crippen molar-refractivity contribution >= 4 is 11.6 Å². The Hall–Kier alpha value is -0.970. The molecule has 1 N–H and O–H groups in total. The molecule has 0 aromatic heterocycles. The second-order valence-electron chi connectivity index (χ2n) is 5.38. The van der Waals surface area contributed by atoms with Crippen LogP contribution in [0.5, 0.6) is 11.5 Å². The fraction of sp³-hybridized carbons (Fsp3) is 0.600. The first kappa shape index (κ1) is 15.4. The van der Waals surface area contributed by atoms with Crippen molar-refractivity contribution in [1.29, 1.82) is 0 Å². The van der Waals surface area contributed by atoms with Crippen molar-refractivity contribution in [2.75, 3.05) is 46.9 Å². The van der Waals surface area contributed by atoms with Crippen LogP contribution in [0, 0.1) is 0 Å². The fourth-order valence-electron chi connectivity index (χ4n) is 2.51. The highest BCUT2D eigenvalue weighted by molar-refractivity contribution is 6.32. The standard InChI is InChI=1S/C15H23ClN2O2/c1-17-6-8-18(9-7-17)5-3-4-12-10-13(16)15(19)14(11-12)20-2/h10-11,19H,3-9H2,1-2H3. The quantitative estimate of drug-likeness (QED) is 0.904. The Kier molecular flexibility index (Phi) is 5.52. The molecule has 0 spiro atoms. The van der Waals surface area contributed by atoms with E-state index in [1.54, 1.807) is 7.11 Å². The van der Waals surface area contributed by atoms with Crippen molar-refractivity contribution in [2.45, 2.75) is 12.8 Å². The number of hydrogen-bond acceptors (Lipinski definition) is 4. The van der Waals surface area contributed by atoms with Gasteiger partial charge in [-0.3, -0.25) is 0 Å². The van der Waals surface area contributed by atoms with Crippen LogP contribution in [0.25, 0.3) is 0 Å². The fourth-order valence-corrected chi connectivity index (χ4v) is 2.74. The number of nitrogens with zero attached hydrogens (tertiary/aromatic N) is 2. The molecule has 20 heavy (non-hydrogen) atoms. The summed E-state index contributed by atoms with van der Waals surface area (Å²) in [5.74, 6) is 0.476. The Labute approximate surface area is 125 Å². The van der Waals surface area contributed by atoms with Crippen LogP contribution in [0.4, 0.5) is 0 Å². The molecule has 0 atom stereocenters. The van der Waals surface area contributed by atoms with Gasteiger partial charge in [0.2, 0.25) is 0 Å². The third-order valence-corrected chi connectivity index (χ3v) is 4.13. The molecule has 1 aliphatic rings. The molecule has 1 saturated heterocycles. The van der Waals surface area contributed by atoms with Gasteiger partial charge in [-0.15, -0.1) is 0 Å². The lowest BCUT2D eigenvalue weighted by Gasteiger charge is -2.32. The number of methoxy groups -OCH3 is 1. The Balaban J connectivity index is 1.83. The number of ether oxygens (including phenoxy) is 1. The second kappa shape index (κ2) is 7.16. The van der Waals surface area contributed by atoms with E-state index in [1.807, 2.05) is 12.1 Å². The van der Waals surface area contributed by atoms with Crippen molar-refractivity contribution in [3.63, 3.8) is 0 Å². The molecular formula is C15H23ClN2O2. The number of likely N-dealkylation sites (N-methyl/N-ethyl adjacent to an activating group) is 1. The van der Waals surface area contributed by atoms with E-state index < -0.39 is 0 Å². The predicted molar refractivity (Wildman–Crippen MR) is 81.9 cm³/mol. The van der Waals surface area contributed by atoms with Crippen LogP contribution >= 0.6 is 11.6 Å². The van der Waals surface area contributed by atoms with Gasteiger partial charge in [0.15, 0.2) is 11.5 Å². The van der Waals surface area contributed by atoms with Gasteiger partial charge in [0.05, 0.1) is 12.1 Å². The van der Waals surface area contributed by atoms with E-state index >= 15 is 0 Å². The van der Waals surface area contributed by atoms with E-state index in [0.717, 1.165) is 51.1 Å².